The Kier molecular flexibility index (Phi) is 5.85. The highest BCUT2D eigenvalue weighted by atomic mass is 16.1. The standard InChI is InChI=1S/C13H24N4O/c1-4-5-6-10(8-14)15-11-7-12(18)17-13(16-11)9(2)3/h7,9-10H,4-6,8,14H2,1-3H3,(H2,15,16,17,18). The van der Waals surface area contributed by atoms with Crippen LogP contribution in [0.15, 0.2) is 10.9 Å². The predicted molar refractivity (Wildman–Crippen MR) is 74.9 cm³/mol. The normalized spacial score (nSPS) is 12.7. The van der Waals surface area contributed by atoms with Crippen molar-refractivity contribution in [3.8, 4) is 0 Å². The maximum atomic E-state index is 11.5. The van der Waals surface area contributed by atoms with Crippen LogP contribution in [0.1, 0.15) is 51.8 Å². The van der Waals surface area contributed by atoms with Gasteiger partial charge in [-0.2, -0.15) is 0 Å². The van der Waals surface area contributed by atoms with Crippen LogP contribution in [0.4, 0.5) is 5.82 Å². The van der Waals surface area contributed by atoms with Crippen molar-refractivity contribution in [3.05, 3.63) is 22.2 Å². The number of nitrogens with zero attached hydrogens (tertiary/aromatic N) is 1. The molecule has 0 fully saturated rings. The highest BCUT2D eigenvalue weighted by Gasteiger charge is 2.09. The van der Waals surface area contributed by atoms with Crippen LogP contribution in [0.3, 0.4) is 0 Å². The minimum absolute atomic E-state index is 0.123. The van der Waals surface area contributed by atoms with Gasteiger partial charge in [-0.1, -0.05) is 33.6 Å². The van der Waals surface area contributed by atoms with Crippen molar-refractivity contribution in [2.45, 2.75) is 52.0 Å². The fourth-order valence-electron chi connectivity index (χ4n) is 1.73. The lowest BCUT2D eigenvalue weighted by Gasteiger charge is -2.17. The molecular formula is C13H24N4O. The van der Waals surface area contributed by atoms with E-state index in [1.54, 1.807) is 0 Å². The molecule has 0 bridgehead atoms. The molecule has 0 aliphatic carbocycles. The van der Waals surface area contributed by atoms with Gasteiger partial charge in [-0.3, -0.25) is 4.79 Å². The molecule has 5 nitrogen and oxygen atoms in total. The lowest BCUT2D eigenvalue weighted by molar-refractivity contribution is 0.611. The number of nitrogens with two attached hydrogens (primary N) is 1. The molecule has 0 aliphatic rings. The third kappa shape index (κ3) is 4.49. The number of nitrogens with one attached hydrogen (secondary N) is 2. The van der Waals surface area contributed by atoms with Gasteiger partial charge in [0.05, 0.1) is 0 Å². The number of unbranched alkanes of at least 4 members (excludes halogenated alkanes) is 1. The van der Waals surface area contributed by atoms with Crippen LogP contribution in [0.5, 0.6) is 0 Å². The average Bonchev–Trinajstić information content (AvgIpc) is 2.33. The number of aromatic amines is 1. The van der Waals surface area contributed by atoms with Crippen molar-refractivity contribution >= 4 is 5.82 Å². The minimum Gasteiger partial charge on any atom is -0.366 e. The van der Waals surface area contributed by atoms with Crippen molar-refractivity contribution in [2.75, 3.05) is 11.9 Å². The van der Waals surface area contributed by atoms with Crippen molar-refractivity contribution in [2.24, 2.45) is 5.73 Å². The smallest absolute Gasteiger partial charge is 0.252 e. The van der Waals surface area contributed by atoms with E-state index in [1.165, 1.54) is 6.07 Å². The van der Waals surface area contributed by atoms with E-state index in [0.29, 0.717) is 18.2 Å². The van der Waals surface area contributed by atoms with Crippen LogP contribution in [0.25, 0.3) is 0 Å². The highest BCUT2D eigenvalue weighted by Crippen LogP contribution is 2.11. The lowest BCUT2D eigenvalue weighted by atomic mass is 10.1. The summed E-state index contributed by atoms with van der Waals surface area (Å²) in [5.74, 6) is 1.52. The zero-order valence-electron chi connectivity index (χ0n) is 11.5. The summed E-state index contributed by atoms with van der Waals surface area (Å²) in [6.45, 7) is 6.69. The molecule has 5 heteroatoms. The van der Waals surface area contributed by atoms with Gasteiger partial charge in [-0.25, -0.2) is 4.98 Å². The summed E-state index contributed by atoms with van der Waals surface area (Å²) < 4.78 is 0. The van der Waals surface area contributed by atoms with Gasteiger partial charge in [0.2, 0.25) is 0 Å². The molecular weight excluding hydrogens is 228 g/mol. The van der Waals surface area contributed by atoms with Gasteiger partial charge in [0.1, 0.15) is 11.6 Å². The molecule has 0 saturated heterocycles. The molecule has 0 aromatic carbocycles. The quantitative estimate of drug-likeness (QED) is 0.691. The summed E-state index contributed by atoms with van der Waals surface area (Å²) in [7, 11) is 0. The summed E-state index contributed by atoms with van der Waals surface area (Å²) in [5, 5.41) is 3.24. The maximum absolute atomic E-state index is 11.5. The van der Waals surface area contributed by atoms with Gasteiger partial charge in [-0.05, 0) is 6.42 Å². The van der Waals surface area contributed by atoms with Crippen LogP contribution in [0.2, 0.25) is 0 Å². The van der Waals surface area contributed by atoms with E-state index in [1.807, 2.05) is 13.8 Å². The average molecular weight is 252 g/mol. The molecule has 1 aromatic heterocycles. The molecule has 4 N–H and O–H groups in total. The molecule has 1 unspecified atom stereocenters. The molecule has 18 heavy (non-hydrogen) atoms. The largest absolute Gasteiger partial charge is 0.366 e. The van der Waals surface area contributed by atoms with Gasteiger partial charge in [0.25, 0.3) is 5.56 Å². The van der Waals surface area contributed by atoms with Gasteiger partial charge >= 0.3 is 0 Å². The van der Waals surface area contributed by atoms with Gasteiger partial charge < -0.3 is 16.0 Å². The Morgan fingerprint density at radius 2 is 2.22 bits per heavy atom. The Labute approximate surface area is 108 Å². The van der Waals surface area contributed by atoms with Gasteiger partial charge in [-0.15, -0.1) is 0 Å². The molecule has 0 spiro atoms. The monoisotopic (exact) mass is 252 g/mol. The van der Waals surface area contributed by atoms with Crippen molar-refractivity contribution in [3.63, 3.8) is 0 Å². The van der Waals surface area contributed by atoms with E-state index in [9.17, 15) is 4.79 Å². The number of H-pyrrole nitrogens is 1. The first-order chi connectivity index (χ1) is 8.56. The molecule has 102 valence electrons. The van der Waals surface area contributed by atoms with E-state index in [2.05, 4.69) is 22.2 Å². The molecule has 1 rings (SSSR count). The summed E-state index contributed by atoms with van der Waals surface area (Å²) in [4.78, 5) is 18.7. The Hall–Kier alpha value is -1.36. The van der Waals surface area contributed by atoms with Crippen LogP contribution in [-0.2, 0) is 0 Å². The molecule has 0 radical (unpaired) electrons. The number of hydrogen-bond donors (Lipinski definition) is 3. The fraction of sp³-hybridized carbons (Fsp3) is 0.692. The zero-order valence-corrected chi connectivity index (χ0v) is 11.5. The molecule has 1 atom stereocenters. The van der Waals surface area contributed by atoms with E-state index in [-0.39, 0.29) is 17.5 Å². The molecule has 1 heterocycles. The summed E-state index contributed by atoms with van der Waals surface area (Å²) in [6.07, 6.45) is 3.26. The van der Waals surface area contributed by atoms with Crippen molar-refractivity contribution in [1.82, 2.24) is 9.97 Å². The van der Waals surface area contributed by atoms with E-state index in [4.69, 9.17) is 5.73 Å². The molecule has 0 saturated carbocycles. The lowest BCUT2D eigenvalue weighted by Crippen LogP contribution is -2.30. The molecule has 1 aromatic rings. The Morgan fingerprint density at radius 3 is 2.78 bits per heavy atom. The van der Waals surface area contributed by atoms with Crippen molar-refractivity contribution in [1.29, 1.82) is 0 Å². The zero-order chi connectivity index (χ0) is 13.5. The summed E-state index contributed by atoms with van der Waals surface area (Å²) >= 11 is 0. The summed E-state index contributed by atoms with van der Waals surface area (Å²) in [5.41, 5.74) is 5.60. The van der Waals surface area contributed by atoms with Gasteiger partial charge in [0, 0.05) is 24.6 Å². The van der Waals surface area contributed by atoms with E-state index in [0.717, 1.165) is 19.3 Å². The second kappa shape index (κ2) is 7.16. The number of hydrogen-bond acceptors (Lipinski definition) is 4. The predicted octanol–water partition coefficient (Wildman–Crippen LogP) is 1.82. The number of rotatable bonds is 7. The number of aromatic nitrogens is 2. The second-order valence-corrected chi connectivity index (χ2v) is 4.89. The Bertz CT molecular complexity index is 414. The fourth-order valence-corrected chi connectivity index (χ4v) is 1.73. The number of anilines is 1. The van der Waals surface area contributed by atoms with Crippen LogP contribution in [-0.4, -0.2) is 22.6 Å². The minimum atomic E-state index is -0.123. The Morgan fingerprint density at radius 1 is 1.50 bits per heavy atom. The van der Waals surface area contributed by atoms with Crippen LogP contribution < -0.4 is 16.6 Å². The third-order valence-corrected chi connectivity index (χ3v) is 2.85. The summed E-state index contributed by atoms with van der Waals surface area (Å²) in [6, 6.07) is 1.67. The SMILES string of the molecule is CCCCC(CN)Nc1cc(=O)[nH]c(C(C)C)n1. The first-order valence-electron chi connectivity index (χ1n) is 6.64. The van der Waals surface area contributed by atoms with Crippen molar-refractivity contribution < 1.29 is 0 Å². The Balaban J connectivity index is 2.79. The molecule has 0 amide bonds. The van der Waals surface area contributed by atoms with Crippen LogP contribution in [0, 0.1) is 0 Å². The first kappa shape index (κ1) is 14.7. The first-order valence-corrected chi connectivity index (χ1v) is 6.64. The van der Waals surface area contributed by atoms with E-state index < -0.39 is 0 Å². The highest BCUT2D eigenvalue weighted by molar-refractivity contribution is 5.34. The molecule has 0 aliphatic heterocycles. The van der Waals surface area contributed by atoms with Crippen LogP contribution >= 0.6 is 0 Å². The third-order valence-electron chi connectivity index (χ3n) is 2.85. The maximum Gasteiger partial charge on any atom is 0.252 e. The van der Waals surface area contributed by atoms with E-state index >= 15 is 0 Å². The van der Waals surface area contributed by atoms with Gasteiger partial charge in [0.15, 0.2) is 0 Å². The topological polar surface area (TPSA) is 83.8 Å². The second-order valence-electron chi connectivity index (χ2n) is 4.89.